The summed E-state index contributed by atoms with van der Waals surface area (Å²) in [5, 5.41) is 10.3. The predicted octanol–water partition coefficient (Wildman–Crippen LogP) is 3.02. The molecule has 0 rings (SSSR count). The van der Waals surface area contributed by atoms with Crippen LogP contribution in [0.5, 0.6) is 0 Å². The first-order valence-corrected chi connectivity index (χ1v) is 4.55. The van der Waals surface area contributed by atoms with Crippen LogP contribution in [-0.2, 0) is 5.11 Å². The monoisotopic (exact) mass is 175 g/mol. The lowest BCUT2D eigenvalue weighted by atomic mass is 10.0. The van der Waals surface area contributed by atoms with Crippen LogP contribution in [0, 0.1) is 5.92 Å². The topological polar surface area (TPSA) is 19.9 Å². The fourth-order valence-electron chi connectivity index (χ4n) is 1.02. The predicted molar refractivity (Wildman–Crippen MR) is 48.4 cm³/mol. The second kappa shape index (κ2) is 6.68. The fraction of sp³-hybridized carbons (Fsp3) is 0.778. The first kappa shape index (κ1) is 11.0. The number of hydrogen-bond acceptors (Lipinski definition) is 0. The van der Waals surface area contributed by atoms with Crippen molar-refractivity contribution in [2.24, 2.45) is 5.92 Å². The van der Waals surface area contributed by atoms with Gasteiger partial charge in [0.05, 0.1) is 0 Å². The molecule has 0 spiro atoms. The molecule has 0 amide bonds. The van der Waals surface area contributed by atoms with E-state index < -0.39 is 0 Å². The Morgan fingerprint density at radius 2 is 2.27 bits per heavy atom. The summed E-state index contributed by atoms with van der Waals surface area (Å²) in [7, 11) is 0. The molecule has 65 valence electrons. The van der Waals surface area contributed by atoms with Crippen molar-refractivity contribution >= 4 is 11.6 Å². The second-order valence-corrected chi connectivity index (χ2v) is 3.34. The van der Waals surface area contributed by atoms with E-state index in [0.29, 0.717) is 11.8 Å². The second-order valence-electron chi connectivity index (χ2n) is 2.97. The number of hydrogen-bond donors (Lipinski definition) is 0. The van der Waals surface area contributed by atoms with Crippen LogP contribution in [0.4, 0.5) is 0 Å². The molecule has 0 aliphatic carbocycles. The minimum atomic E-state index is -0.0782. The number of allylic oxidation sites excluding steroid dienone is 1. The summed E-state index contributed by atoms with van der Waals surface area (Å²) in [4.78, 5) is 0. The SMILES string of the molecule is CC(=CC(C)CCCCl)C[O]. The maximum atomic E-state index is 10.3. The fourth-order valence-corrected chi connectivity index (χ4v) is 1.17. The molecule has 1 atom stereocenters. The zero-order valence-corrected chi connectivity index (χ0v) is 8.03. The van der Waals surface area contributed by atoms with E-state index >= 15 is 0 Å². The third-order valence-electron chi connectivity index (χ3n) is 1.59. The largest absolute Gasteiger partial charge is 0.232 e. The van der Waals surface area contributed by atoms with Crippen molar-refractivity contribution in [3.63, 3.8) is 0 Å². The summed E-state index contributed by atoms with van der Waals surface area (Å²) in [5.74, 6) is 1.22. The van der Waals surface area contributed by atoms with Crippen LogP contribution in [0.25, 0.3) is 0 Å². The van der Waals surface area contributed by atoms with Gasteiger partial charge < -0.3 is 0 Å². The van der Waals surface area contributed by atoms with E-state index in [1.807, 2.05) is 13.0 Å². The third-order valence-corrected chi connectivity index (χ3v) is 1.86. The van der Waals surface area contributed by atoms with E-state index in [9.17, 15) is 5.11 Å². The van der Waals surface area contributed by atoms with Gasteiger partial charge in [-0.25, -0.2) is 5.11 Å². The Balaban J connectivity index is 3.57. The van der Waals surface area contributed by atoms with Gasteiger partial charge in [-0.1, -0.05) is 13.0 Å². The molecule has 0 N–H and O–H groups in total. The van der Waals surface area contributed by atoms with Crippen molar-refractivity contribution in [1.82, 2.24) is 0 Å². The maximum absolute atomic E-state index is 10.3. The van der Waals surface area contributed by atoms with Crippen molar-refractivity contribution in [1.29, 1.82) is 0 Å². The quantitative estimate of drug-likeness (QED) is 0.452. The molecular formula is C9H16ClO. The Morgan fingerprint density at radius 1 is 1.64 bits per heavy atom. The standard InChI is InChI=1S/C9H16ClO/c1-8(4-3-5-10)6-9(2)7-11/h6,8H,3-5,7H2,1-2H3. The van der Waals surface area contributed by atoms with Crippen LogP contribution >= 0.6 is 11.6 Å². The summed E-state index contributed by atoms with van der Waals surface area (Å²) in [6.45, 7) is 3.92. The Kier molecular flexibility index (Phi) is 6.68. The molecule has 0 aliphatic heterocycles. The van der Waals surface area contributed by atoms with Gasteiger partial charge in [0.1, 0.15) is 6.61 Å². The zero-order valence-electron chi connectivity index (χ0n) is 7.27. The summed E-state index contributed by atoms with van der Waals surface area (Å²) in [6, 6.07) is 0. The molecule has 1 nitrogen and oxygen atoms in total. The van der Waals surface area contributed by atoms with Gasteiger partial charge in [-0.15, -0.1) is 11.6 Å². The molecule has 1 radical (unpaired) electrons. The summed E-state index contributed by atoms with van der Waals surface area (Å²) >= 11 is 5.53. The molecule has 0 saturated heterocycles. The van der Waals surface area contributed by atoms with Crippen LogP contribution in [-0.4, -0.2) is 12.5 Å². The van der Waals surface area contributed by atoms with Crippen molar-refractivity contribution in [2.75, 3.05) is 12.5 Å². The molecule has 0 fully saturated rings. The van der Waals surface area contributed by atoms with E-state index in [-0.39, 0.29) is 6.61 Å². The highest BCUT2D eigenvalue weighted by molar-refractivity contribution is 6.17. The minimum absolute atomic E-state index is 0.0782. The Morgan fingerprint density at radius 3 is 2.73 bits per heavy atom. The van der Waals surface area contributed by atoms with E-state index in [4.69, 9.17) is 11.6 Å². The van der Waals surface area contributed by atoms with Gasteiger partial charge in [0, 0.05) is 5.88 Å². The van der Waals surface area contributed by atoms with Gasteiger partial charge in [0.2, 0.25) is 0 Å². The summed E-state index contributed by atoms with van der Waals surface area (Å²) < 4.78 is 0. The Hall–Kier alpha value is -0.0100. The molecular weight excluding hydrogens is 160 g/mol. The highest BCUT2D eigenvalue weighted by Gasteiger charge is 1.97. The van der Waals surface area contributed by atoms with Gasteiger partial charge in [-0.05, 0) is 31.3 Å². The lowest BCUT2D eigenvalue weighted by molar-refractivity contribution is 0.222. The van der Waals surface area contributed by atoms with Gasteiger partial charge in [-0.2, -0.15) is 0 Å². The third kappa shape index (κ3) is 6.39. The highest BCUT2D eigenvalue weighted by atomic mass is 35.5. The van der Waals surface area contributed by atoms with E-state index in [2.05, 4.69) is 6.92 Å². The van der Waals surface area contributed by atoms with Crippen LogP contribution in [0.15, 0.2) is 11.6 Å². The molecule has 0 heterocycles. The van der Waals surface area contributed by atoms with E-state index in [1.165, 1.54) is 0 Å². The number of alkyl halides is 1. The van der Waals surface area contributed by atoms with Crippen molar-refractivity contribution in [3.05, 3.63) is 11.6 Å². The Labute approximate surface area is 74.1 Å². The van der Waals surface area contributed by atoms with E-state index in [1.54, 1.807) is 0 Å². The molecule has 0 aromatic carbocycles. The molecule has 0 aromatic rings. The first-order valence-electron chi connectivity index (χ1n) is 4.02. The lowest BCUT2D eigenvalue weighted by Crippen LogP contribution is -1.93. The molecule has 0 aromatic heterocycles. The maximum Gasteiger partial charge on any atom is 0.103 e. The van der Waals surface area contributed by atoms with Crippen molar-refractivity contribution in [2.45, 2.75) is 26.7 Å². The van der Waals surface area contributed by atoms with Crippen molar-refractivity contribution < 1.29 is 5.11 Å². The molecule has 0 aliphatic rings. The Bertz CT molecular complexity index is 121. The molecule has 11 heavy (non-hydrogen) atoms. The molecule has 0 bridgehead atoms. The molecule has 0 saturated carbocycles. The van der Waals surface area contributed by atoms with E-state index in [0.717, 1.165) is 18.4 Å². The zero-order chi connectivity index (χ0) is 8.69. The average Bonchev–Trinajstić information content (AvgIpc) is 2.00. The average molecular weight is 176 g/mol. The minimum Gasteiger partial charge on any atom is -0.232 e. The number of halogens is 1. The van der Waals surface area contributed by atoms with Crippen LogP contribution in [0.3, 0.4) is 0 Å². The normalized spacial score (nSPS) is 15.1. The van der Waals surface area contributed by atoms with Crippen LogP contribution in [0.1, 0.15) is 26.7 Å². The summed E-state index contributed by atoms with van der Waals surface area (Å²) in [5.41, 5.74) is 0.937. The summed E-state index contributed by atoms with van der Waals surface area (Å²) in [6.07, 6.45) is 4.16. The lowest BCUT2D eigenvalue weighted by Gasteiger charge is -2.04. The van der Waals surface area contributed by atoms with Crippen LogP contribution < -0.4 is 0 Å². The molecule has 2 heteroatoms. The van der Waals surface area contributed by atoms with Gasteiger partial charge in [0.15, 0.2) is 0 Å². The first-order chi connectivity index (χ1) is 5.20. The van der Waals surface area contributed by atoms with Gasteiger partial charge in [0.25, 0.3) is 0 Å². The molecule has 1 unspecified atom stereocenters. The number of rotatable bonds is 5. The smallest absolute Gasteiger partial charge is 0.103 e. The van der Waals surface area contributed by atoms with Gasteiger partial charge >= 0.3 is 0 Å². The van der Waals surface area contributed by atoms with Gasteiger partial charge in [-0.3, -0.25) is 0 Å². The highest BCUT2D eigenvalue weighted by Crippen LogP contribution is 2.10. The van der Waals surface area contributed by atoms with Crippen molar-refractivity contribution in [3.8, 4) is 0 Å². The van der Waals surface area contributed by atoms with Crippen LogP contribution in [0.2, 0.25) is 0 Å².